The maximum atomic E-state index is 12.6. The number of hydrogen-bond donors (Lipinski definition) is 1. The molecule has 5 nitrogen and oxygen atoms in total. The van der Waals surface area contributed by atoms with Crippen molar-refractivity contribution in [3.8, 4) is 0 Å². The van der Waals surface area contributed by atoms with Crippen molar-refractivity contribution in [2.24, 2.45) is 5.92 Å². The van der Waals surface area contributed by atoms with Crippen LogP contribution < -0.4 is 4.90 Å². The highest BCUT2D eigenvalue weighted by molar-refractivity contribution is 5.97. The monoisotopic (exact) mass is 288 g/mol. The summed E-state index contributed by atoms with van der Waals surface area (Å²) in [4.78, 5) is 27.3. The van der Waals surface area contributed by atoms with Gasteiger partial charge in [0.05, 0.1) is 0 Å². The molecule has 1 aromatic rings. The lowest BCUT2D eigenvalue weighted by molar-refractivity contribution is -0.138. The number of fused-ring (bicyclic) bond motifs is 1. The number of carboxylic acid groups (broad SMARTS) is 1. The van der Waals surface area contributed by atoms with Crippen LogP contribution in [0.15, 0.2) is 24.3 Å². The zero-order valence-corrected chi connectivity index (χ0v) is 12.2. The molecule has 1 aliphatic heterocycles. The van der Waals surface area contributed by atoms with Gasteiger partial charge in [0.25, 0.3) is 0 Å². The van der Waals surface area contributed by atoms with Gasteiger partial charge in [-0.2, -0.15) is 0 Å². The first kappa shape index (κ1) is 13.9. The number of hydrogen-bond acceptors (Lipinski definition) is 2. The first-order chi connectivity index (χ1) is 10.1. The number of amides is 2. The van der Waals surface area contributed by atoms with E-state index in [2.05, 4.69) is 0 Å². The number of rotatable bonds is 3. The lowest BCUT2D eigenvalue weighted by Gasteiger charge is -2.32. The predicted molar refractivity (Wildman–Crippen MR) is 79.5 cm³/mol. The van der Waals surface area contributed by atoms with Gasteiger partial charge in [-0.1, -0.05) is 24.6 Å². The van der Waals surface area contributed by atoms with Crippen molar-refractivity contribution in [3.05, 3.63) is 29.8 Å². The lowest BCUT2D eigenvalue weighted by atomic mass is 9.85. The van der Waals surface area contributed by atoms with Crippen LogP contribution in [0.4, 0.5) is 10.5 Å². The summed E-state index contributed by atoms with van der Waals surface area (Å²) in [7, 11) is 1.80. The van der Waals surface area contributed by atoms with Gasteiger partial charge in [0, 0.05) is 25.8 Å². The molecule has 1 N–H and O–H groups in total. The molecule has 1 atom stereocenters. The minimum Gasteiger partial charge on any atom is -0.481 e. The van der Waals surface area contributed by atoms with Crippen molar-refractivity contribution < 1.29 is 14.7 Å². The van der Waals surface area contributed by atoms with Gasteiger partial charge in [-0.15, -0.1) is 0 Å². The first-order valence-corrected chi connectivity index (χ1v) is 7.42. The number of carbonyl (C=O) groups excluding carboxylic acids is 1. The van der Waals surface area contributed by atoms with E-state index in [1.807, 2.05) is 18.2 Å². The molecular weight excluding hydrogens is 268 g/mol. The van der Waals surface area contributed by atoms with E-state index in [9.17, 15) is 14.7 Å². The Hall–Kier alpha value is -2.04. The number of anilines is 1. The smallest absolute Gasteiger partial charge is 0.324 e. The third-order valence-corrected chi connectivity index (χ3v) is 4.58. The van der Waals surface area contributed by atoms with Gasteiger partial charge in [-0.3, -0.25) is 9.69 Å². The Kier molecular flexibility index (Phi) is 3.57. The number of carboxylic acids is 1. The summed E-state index contributed by atoms with van der Waals surface area (Å²) in [6.07, 6.45) is 3.62. The third-order valence-electron chi connectivity index (χ3n) is 4.58. The minimum atomic E-state index is -0.876. The molecule has 0 aromatic heterocycles. The number of nitrogens with zero attached hydrogens (tertiary/aromatic N) is 2. The van der Waals surface area contributed by atoms with Crippen molar-refractivity contribution in [3.63, 3.8) is 0 Å². The maximum Gasteiger partial charge on any atom is 0.324 e. The molecule has 0 radical (unpaired) electrons. The van der Waals surface area contributed by atoms with Gasteiger partial charge >= 0.3 is 12.0 Å². The van der Waals surface area contributed by atoms with Crippen LogP contribution in [0.5, 0.6) is 0 Å². The van der Waals surface area contributed by atoms with Gasteiger partial charge < -0.3 is 10.0 Å². The summed E-state index contributed by atoms with van der Waals surface area (Å²) in [6.45, 7) is 0.984. The zero-order valence-electron chi connectivity index (χ0n) is 12.2. The topological polar surface area (TPSA) is 60.9 Å². The molecule has 0 bridgehead atoms. The van der Waals surface area contributed by atoms with Crippen LogP contribution in [-0.2, 0) is 4.79 Å². The van der Waals surface area contributed by atoms with Crippen LogP contribution in [0.25, 0.3) is 0 Å². The summed E-state index contributed by atoms with van der Waals surface area (Å²) in [5.41, 5.74) is 1.46. The molecule has 1 unspecified atom stereocenters. The van der Waals surface area contributed by atoms with Crippen molar-refractivity contribution in [1.82, 2.24) is 4.90 Å². The van der Waals surface area contributed by atoms with E-state index in [-0.39, 0.29) is 12.6 Å². The van der Waals surface area contributed by atoms with E-state index in [0.717, 1.165) is 17.8 Å². The molecule has 1 heterocycles. The average Bonchev–Trinajstić information content (AvgIpc) is 2.81. The molecule has 3 rings (SSSR count). The molecule has 112 valence electrons. The van der Waals surface area contributed by atoms with E-state index in [4.69, 9.17) is 0 Å². The van der Waals surface area contributed by atoms with Gasteiger partial charge in [0.15, 0.2) is 0 Å². The predicted octanol–water partition coefficient (Wildman–Crippen LogP) is 2.53. The summed E-state index contributed by atoms with van der Waals surface area (Å²) in [5, 5.41) is 9.34. The molecular formula is C16H20N2O3. The highest BCUT2D eigenvalue weighted by atomic mass is 16.4. The normalized spacial score (nSPS) is 20.8. The molecule has 1 saturated carbocycles. The summed E-state index contributed by atoms with van der Waals surface area (Å²) >= 11 is 0. The number of carbonyl (C=O) groups is 2. The molecule has 1 fully saturated rings. The van der Waals surface area contributed by atoms with Crippen LogP contribution in [0.1, 0.15) is 30.7 Å². The van der Waals surface area contributed by atoms with Crippen LogP contribution in [0.3, 0.4) is 0 Å². The van der Waals surface area contributed by atoms with Gasteiger partial charge in [-0.25, -0.2) is 4.79 Å². The van der Waals surface area contributed by atoms with Gasteiger partial charge in [0.2, 0.25) is 0 Å². The molecule has 2 aliphatic rings. The lowest BCUT2D eigenvalue weighted by Crippen LogP contribution is -2.44. The number of aliphatic carboxylic acids is 1. The van der Waals surface area contributed by atoms with Crippen LogP contribution >= 0.6 is 0 Å². The Labute approximate surface area is 124 Å². The Balaban J connectivity index is 1.79. The Morgan fingerprint density at radius 3 is 2.67 bits per heavy atom. The Morgan fingerprint density at radius 1 is 1.33 bits per heavy atom. The summed E-state index contributed by atoms with van der Waals surface area (Å²) < 4.78 is 0. The largest absolute Gasteiger partial charge is 0.481 e. The third kappa shape index (κ3) is 2.48. The van der Waals surface area contributed by atoms with Crippen LogP contribution in [-0.4, -0.2) is 42.1 Å². The quantitative estimate of drug-likeness (QED) is 0.929. The second kappa shape index (κ2) is 5.39. The standard InChI is InChI=1S/C16H20N2O3/c1-17(9-11-5-4-6-11)16(21)18-10-13(15(19)20)12-7-2-3-8-14(12)18/h2-3,7-8,11,13H,4-6,9-10H2,1H3,(H,19,20). The summed E-state index contributed by atoms with van der Waals surface area (Å²) in [5.74, 6) is -0.895. The number of urea groups is 1. The van der Waals surface area contributed by atoms with Crippen molar-refractivity contribution in [2.75, 3.05) is 25.0 Å². The second-order valence-corrected chi connectivity index (χ2v) is 6.02. The van der Waals surface area contributed by atoms with Crippen LogP contribution in [0, 0.1) is 5.92 Å². The van der Waals surface area contributed by atoms with Gasteiger partial charge in [-0.05, 0) is 30.4 Å². The zero-order chi connectivity index (χ0) is 15.0. The Bertz CT molecular complexity index is 568. The van der Waals surface area contributed by atoms with Gasteiger partial charge in [0.1, 0.15) is 5.92 Å². The fourth-order valence-corrected chi connectivity index (χ4v) is 3.15. The molecule has 0 saturated heterocycles. The number of para-hydroxylation sites is 1. The van der Waals surface area contributed by atoms with Crippen molar-refractivity contribution >= 4 is 17.7 Å². The van der Waals surface area contributed by atoms with Crippen molar-refractivity contribution in [2.45, 2.75) is 25.2 Å². The molecule has 0 spiro atoms. The molecule has 2 amide bonds. The molecule has 5 heteroatoms. The summed E-state index contributed by atoms with van der Waals surface area (Å²) in [6, 6.07) is 7.19. The van der Waals surface area contributed by atoms with Crippen LogP contribution in [0.2, 0.25) is 0 Å². The molecule has 1 aliphatic carbocycles. The van der Waals surface area contributed by atoms with E-state index >= 15 is 0 Å². The molecule has 1 aromatic carbocycles. The minimum absolute atomic E-state index is 0.0990. The SMILES string of the molecule is CN(CC1CCC1)C(=O)N1CC(C(=O)O)c2ccccc21. The fourth-order valence-electron chi connectivity index (χ4n) is 3.15. The fraction of sp³-hybridized carbons (Fsp3) is 0.500. The second-order valence-electron chi connectivity index (χ2n) is 6.02. The molecule has 21 heavy (non-hydrogen) atoms. The van der Waals surface area contributed by atoms with E-state index in [0.29, 0.717) is 5.92 Å². The van der Waals surface area contributed by atoms with E-state index in [1.54, 1.807) is 22.9 Å². The number of benzene rings is 1. The van der Waals surface area contributed by atoms with Crippen molar-refractivity contribution in [1.29, 1.82) is 0 Å². The van der Waals surface area contributed by atoms with E-state index in [1.165, 1.54) is 19.3 Å². The highest BCUT2D eigenvalue weighted by Crippen LogP contribution is 2.37. The average molecular weight is 288 g/mol. The first-order valence-electron chi connectivity index (χ1n) is 7.42. The Morgan fingerprint density at radius 2 is 2.05 bits per heavy atom. The highest BCUT2D eigenvalue weighted by Gasteiger charge is 2.37. The van der Waals surface area contributed by atoms with E-state index < -0.39 is 11.9 Å². The maximum absolute atomic E-state index is 12.6.